The van der Waals surface area contributed by atoms with Crippen LogP contribution in [0.15, 0.2) is 56.4 Å². The third kappa shape index (κ3) is 4.36. The van der Waals surface area contributed by atoms with Gasteiger partial charge in [-0.15, -0.1) is 0 Å². The number of benzene rings is 2. The average molecular weight is 515 g/mol. The Morgan fingerprint density at radius 1 is 1.05 bits per heavy atom. The molecule has 2 aromatic carbocycles. The first-order chi connectivity index (χ1) is 18.0. The molecule has 0 aliphatic carbocycles. The Bertz CT molecular complexity index is 1780. The van der Waals surface area contributed by atoms with E-state index >= 15 is 0 Å². The number of amides is 1. The van der Waals surface area contributed by atoms with E-state index in [0.29, 0.717) is 22.3 Å². The first-order valence-electron chi connectivity index (χ1n) is 12.5. The maximum Gasteiger partial charge on any atom is 0.340 e. The van der Waals surface area contributed by atoms with E-state index < -0.39 is 23.5 Å². The Morgan fingerprint density at radius 2 is 1.79 bits per heavy atom. The molecule has 1 atom stereocenters. The topological polar surface area (TPSA) is 126 Å². The van der Waals surface area contributed by atoms with Gasteiger partial charge in [0.1, 0.15) is 17.2 Å². The standard InChI is InChI=1S/C30H30N2O6/c1-15-19-11-21-22(30(3,4)5)14-37-26(21)16(2)27(19)38-29(36)20(15)12-25(33)32-24(28(34)35)10-17-13-31-23-9-7-6-8-18(17)23/h6-9,11,13-14,24,31H,10,12H2,1-5H3,(H,32,33)(H,34,35)/t24-/m0/s1. The molecule has 0 aliphatic rings. The van der Waals surface area contributed by atoms with E-state index in [4.69, 9.17) is 8.83 Å². The number of nitrogens with one attached hydrogen (secondary N) is 2. The summed E-state index contributed by atoms with van der Waals surface area (Å²) in [6.45, 7) is 9.92. The number of hydrogen-bond donors (Lipinski definition) is 3. The second kappa shape index (κ2) is 9.20. The van der Waals surface area contributed by atoms with Gasteiger partial charge in [0, 0.05) is 45.4 Å². The molecule has 5 aromatic rings. The maximum atomic E-state index is 13.0. The van der Waals surface area contributed by atoms with Gasteiger partial charge in [0.05, 0.1) is 18.2 Å². The molecule has 0 saturated heterocycles. The van der Waals surface area contributed by atoms with Crippen molar-refractivity contribution in [3.05, 3.63) is 81.0 Å². The molecule has 8 heteroatoms. The van der Waals surface area contributed by atoms with Crippen molar-refractivity contribution >= 4 is 44.7 Å². The molecule has 3 N–H and O–H groups in total. The van der Waals surface area contributed by atoms with Crippen molar-refractivity contribution in [1.82, 2.24) is 10.3 Å². The molecule has 196 valence electrons. The number of rotatable bonds is 6. The fourth-order valence-electron chi connectivity index (χ4n) is 5.11. The van der Waals surface area contributed by atoms with E-state index in [1.807, 2.05) is 37.3 Å². The number of carbonyl (C=O) groups excluding carboxylic acids is 1. The monoisotopic (exact) mass is 514 g/mol. The maximum absolute atomic E-state index is 13.0. The van der Waals surface area contributed by atoms with Crippen molar-refractivity contribution in [2.75, 3.05) is 0 Å². The number of aromatic amines is 1. The molecular formula is C30H30N2O6. The molecule has 0 unspecified atom stereocenters. The summed E-state index contributed by atoms with van der Waals surface area (Å²) in [6.07, 6.45) is 3.29. The SMILES string of the molecule is Cc1c(CC(=O)N[C@@H](Cc2c[nH]c3ccccc23)C(=O)O)c(=O)oc2c(C)c3occ(C(C)(C)C)c3cc12. The van der Waals surface area contributed by atoms with Gasteiger partial charge in [-0.05, 0) is 42.5 Å². The van der Waals surface area contributed by atoms with Crippen LogP contribution < -0.4 is 10.9 Å². The summed E-state index contributed by atoms with van der Waals surface area (Å²) in [4.78, 5) is 41.1. The zero-order valence-corrected chi connectivity index (χ0v) is 22.0. The lowest BCUT2D eigenvalue weighted by Crippen LogP contribution is -2.43. The molecular weight excluding hydrogens is 484 g/mol. The fraction of sp³-hybridized carbons (Fsp3) is 0.300. The molecule has 0 aliphatic heterocycles. The lowest BCUT2D eigenvalue weighted by Gasteiger charge is -2.17. The summed E-state index contributed by atoms with van der Waals surface area (Å²) in [6, 6.07) is 8.35. The summed E-state index contributed by atoms with van der Waals surface area (Å²) >= 11 is 0. The summed E-state index contributed by atoms with van der Waals surface area (Å²) in [5.41, 5.74) is 4.54. The summed E-state index contributed by atoms with van der Waals surface area (Å²) < 4.78 is 11.5. The highest BCUT2D eigenvalue weighted by molar-refractivity contribution is 6.00. The first-order valence-corrected chi connectivity index (χ1v) is 12.5. The van der Waals surface area contributed by atoms with E-state index in [2.05, 4.69) is 31.1 Å². The van der Waals surface area contributed by atoms with E-state index in [1.165, 1.54) is 0 Å². The van der Waals surface area contributed by atoms with E-state index in [9.17, 15) is 19.5 Å². The number of hydrogen-bond acceptors (Lipinski definition) is 5. The van der Waals surface area contributed by atoms with Crippen LogP contribution in [-0.2, 0) is 27.8 Å². The number of fused-ring (bicyclic) bond motifs is 3. The smallest absolute Gasteiger partial charge is 0.340 e. The molecule has 0 fully saturated rings. The predicted molar refractivity (Wildman–Crippen MR) is 146 cm³/mol. The number of carbonyl (C=O) groups is 2. The van der Waals surface area contributed by atoms with Crippen LogP contribution in [0.3, 0.4) is 0 Å². The van der Waals surface area contributed by atoms with Gasteiger partial charge in [-0.25, -0.2) is 9.59 Å². The Kier molecular flexibility index (Phi) is 6.13. The Balaban J connectivity index is 1.47. The van der Waals surface area contributed by atoms with Gasteiger partial charge in [0.2, 0.25) is 5.91 Å². The minimum absolute atomic E-state index is 0.101. The number of H-pyrrole nitrogens is 1. The van der Waals surface area contributed by atoms with E-state index in [1.54, 1.807) is 19.4 Å². The normalized spacial score (nSPS) is 12.9. The Hall–Kier alpha value is -4.33. The Labute approximate surface area is 218 Å². The molecule has 5 rings (SSSR count). The third-order valence-electron chi connectivity index (χ3n) is 7.22. The highest BCUT2D eigenvalue weighted by Gasteiger charge is 2.26. The number of furan rings is 1. The number of para-hydroxylation sites is 1. The molecule has 38 heavy (non-hydrogen) atoms. The van der Waals surface area contributed by atoms with Crippen LogP contribution >= 0.6 is 0 Å². The third-order valence-corrected chi connectivity index (χ3v) is 7.22. The van der Waals surface area contributed by atoms with Gasteiger partial charge in [0.15, 0.2) is 0 Å². The second-order valence-corrected chi connectivity index (χ2v) is 10.8. The molecule has 0 bridgehead atoms. The van der Waals surface area contributed by atoms with E-state index in [0.717, 1.165) is 32.8 Å². The summed E-state index contributed by atoms with van der Waals surface area (Å²) in [7, 11) is 0. The van der Waals surface area contributed by atoms with Crippen LogP contribution in [0.4, 0.5) is 0 Å². The van der Waals surface area contributed by atoms with Crippen molar-refractivity contribution < 1.29 is 23.5 Å². The van der Waals surface area contributed by atoms with Gasteiger partial charge in [-0.1, -0.05) is 39.0 Å². The van der Waals surface area contributed by atoms with E-state index in [-0.39, 0.29) is 23.8 Å². The van der Waals surface area contributed by atoms with Crippen LogP contribution in [0.5, 0.6) is 0 Å². The molecule has 3 aromatic heterocycles. The minimum atomic E-state index is -1.16. The highest BCUT2D eigenvalue weighted by Crippen LogP contribution is 2.37. The number of aryl methyl sites for hydroxylation is 2. The number of aliphatic carboxylic acids is 1. The first kappa shape index (κ1) is 25.3. The lowest BCUT2D eigenvalue weighted by atomic mass is 9.86. The van der Waals surface area contributed by atoms with Crippen molar-refractivity contribution in [2.45, 2.75) is 58.9 Å². The van der Waals surface area contributed by atoms with Crippen molar-refractivity contribution in [3.63, 3.8) is 0 Å². The molecule has 1 amide bonds. The molecule has 0 radical (unpaired) electrons. The lowest BCUT2D eigenvalue weighted by molar-refractivity contribution is -0.141. The van der Waals surface area contributed by atoms with Gasteiger partial charge in [-0.3, -0.25) is 4.79 Å². The zero-order chi connectivity index (χ0) is 27.4. The molecule has 3 heterocycles. The largest absolute Gasteiger partial charge is 0.480 e. The van der Waals surface area contributed by atoms with Crippen LogP contribution in [0.1, 0.15) is 48.6 Å². The minimum Gasteiger partial charge on any atom is -0.480 e. The van der Waals surface area contributed by atoms with Gasteiger partial charge in [0.25, 0.3) is 0 Å². The van der Waals surface area contributed by atoms with Crippen molar-refractivity contribution in [3.8, 4) is 0 Å². The number of carboxylic acid groups (broad SMARTS) is 1. The Morgan fingerprint density at radius 3 is 2.50 bits per heavy atom. The van der Waals surface area contributed by atoms with Gasteiger partial charge in [-0.2, -0.15) is 0 Å². The average Bonchev–Trinajstić information content (AvgIpc) is 3.47. The number of carboxylic acids is 1. The van der Waals surface area contributed by atoms with Crippen LogP contribution in [0.2, 0.25) is 0 Å². The van der Waals surface area contributed by atoms with Crippen molar-refractivity contribution in [1.29, 1.82) is 0 Å². The van der Waals surface area contributed by atoms with Crippen molar-refractivity contribution in [2.24, 2.45) is 0 Å². The fourth-order valence-corrected chi connectivity index (χ4v) is 5.11. The van der Waals surface area contributed by atoms with Gasteiger partial charge < -0.3 is 24.2 Å². The van der Waals surface area contributed by atoms with Crippen LogP contribution in [0, 0.1) is 13.8 Å². The van der Waals surface area contributed by atoms with Crippen LogP contribution in [-0.4, -0.2) is 28.0 Å². The second-order valence-electron chi connectivity index (χ2n) is 10.8. The number of aromatic nitrogens is 1. The van der Waals surface area contributed by atoms with Gasteiger partial charge >= 0.3 is 11.6 Å². The predicted octanol–water partition coefficient (Wildman–Crippen LogP) is 5.29. The van der Waals surface area contributed by atoms with Crippen LogP contribution in [0.25, 0.3) is 32.8 Å². The zero-order valence-electron chi connectivity index (χ0n) is 22.0. The molecule has 8 nitrogen and oxygen atoms in total. The molecule has 0 spiro atoms. The highest BCUT2D eigenvalue weighted by atomic mass is 16.4. The quantitative estimate of drug-likeness (QED) is 0.264. The summed E-state index contributed by atoms with van der Waals surface area (Å²) in [5, 5.41) is 14.9. The molecule has 0 saturated carbocycles. The summed E-state index contributed by atoms with van der Waals surface area (Å²) in [5.74, 6) is -1.72.